The van der Waals surface area contributed by atoms with E-state index in [1.807, 2.05) is 84.9 Å². The maximum atomic E-state index is 13.1. The normalized spacial score (nSPS) is 11.4. The molecule has 1 amide bonds. The molecule has 0 aliphatic carbocycles. The van der Waals surface area contributed by atoms with Gasteiger partial charge in [0.15, 0.2) is 0 Å². The number of hydrogen-bond acceptors (Lipinski definition) is 1. The van der Waals surface area contributed by atoms with Gasteiger partial charge in [0.2, 0.25) is 0 Å². The fourth-order valence-electron chi connectivity index (χ4n) is 3.36. The lowest BCUT2D eigenvalue weighted by atomic mass is 10.0. The Labute approximate surface area is 175 Å². The summed E-state index contributed by atoms with van der Waals surface area (Å²) in [7, 11) is 0. The van der Waals surface area contributed by atoms with E-state index < -0.39 is 0 Å². The molecule has 0 unspecified atom stereocenters. The molecule has 0 spiro atoms. The second-order valence-electron chi connectivity index (χ2n) is 6.77. The molecule has 142 valence electrons. The first-order chi connectivity index (χ1) is 14.2. The van der Waals surface area contributed by atoms with Crippen molar-refractivity contribution in [1.29, 1.82) is 0 Å². The molecule has 0 aliphatic rings. The minimum atomic E-state index is -0.135. The first-order valence-corrected chi connectivity index (χ1v) is 9.86. The lowest BCUT2D eigenvalue weighted by molar-refractivity contribution is -0.115. The highest BCUT2D eigenvalue weighted by Gasteiger charge is 2.13. The molecule has 4 aromatic rings. The highest BCUT2D eigenvalue weighted by molar-refractivity contribution is 6.33. The van der Waals surface area contributed by atoms with Crippen LogP contribution in [0.3, 0.4) is 0 Å². The third-order valence-corrected chi connectivity index (χ3v) is 5.20. The molecule has 0 radical (unpaired) electrons. The van der Waals surface area contributed by atoms with Crippen molar-refractivity contribution >= 4 is 39.9 Å². The standard InChI is InChI=1S/C26H20ClNO/c27-25-16-7-5-12-21(25)17-24(20-9-2-1-3-10-20)26(29)28-18-22-14-8-13-19-11-4-6-15-23(19)22/h1-17H,18H2,(H,28,29)/b24-17+. The zero-order chi connectivity index (χ0) is 20.1. The van der Waals surface area contributed by atoms with Gasteiger partial charge in [-0.15, -0.1) is 0 Å². The number of nitrogens with one attached hydrogen (secondary N) is 1. The summed E-state index contributed by atoms with van der Waals surface area (Å²) in [4.78, 5) is 13.1. The molecule has 3 heteroatoms. The van der Waals surface area contributed by atoms with Crippen LogP contribution in [0.4, 0.5) is 0 Å². The van der Waals surface area contributed by atoms with Gasteiger partial charge in [0.05, 0.1) is 0 Å². The predicted octanol–water partition coefficient (Wildman–Crippen LogP) is 6.35. The van der Waals surface area contributed by atoms with Crippen molar-refractivity contribution in [2.75, 3.05) is 0 Å². The summed E-state index contributed by atoms with van der Waals surface area (Å²) in [5.41, 5.74) is 3.33. The van der Waals surface area contributed by atoms with E-state index in [-0.39, 0.29) is 5.91 Å². The first-order valence-electron chi connectivity index (χ1n) is 9.49. The Hall–Kier alpha value is -3.36. The van der Waals surface area contributed by atoms with Crippen molar-refractivity contribution in [1.82, 2.24) is 5.32 Å². The van der Waals surface area contributed by atoms with E-state index in [9.17, 15) is 4.79 Å². The summed E-state index contributed by atoms with van der Waals surface area (Å²) in [6.07, 6.45) is 1.84. The molecular weight excluding hydrogens is 378 g/mol. The van der Waals surface area contributed by atoms with Gasteiger partial charge < -0.3 is 5.32 Å². The number of amides is 1. The zero-order valence-electron chi connectivity index (χ0n) is 15.8. The molecule has 4 rings (SSSR count). The van der Waals surface area contributed by atoms with Crippen LogP contribution in [-0.2, 0) is 11.3 Å². The number of hydrogen-bond donors (Lipinski definition) is 1. The van der Waals surface area contributed by atoms with Crippen LogP contribution in [-0.4, -0.2) is 5.91 Å². The Kier molecular flexibility index (Phi) is 5.73. The molecule has 2 nitrogen and oxygen atoms in total. The minimum Gasteiger partial charge on any atom is -0.348 e. The average Bonchev–Trinajstić information content (AvgIpc) is 2.77. The number of halogens is 1. The SMILES string of the molecule is O=C(NCc1cccc2ccccc12)/C(=C/c1ccccc1Cl)c1ccccc1. The van der Waals surface area contributed by atoms with Crippen molar-refractivity contribution in [3.63, 3.8) is 0 Å². The number of benzene rings is 4. The zero-order valence-corrected chi connectivity index (χ0v) is 16.6. The van der Waals surface area contributed by atoms with Crippen LogP contribution < -0.4 is 5.32 Å². The molecule has 0 saturated heterocycles. The average molecular weight is 398 g/mol. The van der Waals surface area contributed by atoms with Crippen molar-refractivity contribution in [2.45, 2.75) is 6.54 Å². The number of rotatable bonds is 5. The van der Waals surface area contributed by atoms with Gasteiger partial charge in [0, 0.05) is 17.1 Å². The van der Waals surface area contributed by atoms with Crippen molar-refractivity contribution in [3.05, 3.63) is 119 Å². The molecule has 4 aromatic carbocycles. The van der Waals surface area contributed by atoms with Gasteiger partial charge in [-0.3, -0.25) is 4.79 Å². The van der Waals surface area contributed by atoms with Crippen LogP contribution in [0.5, 0.6) is 0 Å². The third-order valence-electron chi connectivity index (χ3n) is 4.85. The van der Waals surface area contributed by atoms with Gasteiger partial charge >= 0.3 is 0 Å². The topological polar surface area (TPSA) is 29.1 Å². The van der Waals surface area contributed by atoms with E-state index in [2.05, 4.69) is 23.5 Å². The predicted molar refractivity (Wildman–Crippen MR) is 122 cm³/mol. The minimum absolute atomic E-state index is 0.135. The molecule has 0 aliphatic heterocycles. The van der Waals surface area contributed by atoms with E-state index >= 15 is 0 Å². The second-order valence-corrected chi connectivity index (χ2v) is 7.17. The van der Waals surface area contributed by atoms with Gasteiger partial charge in [-0.05, 0) is 39.6 Å². The van der Waals surface area contributed by atoms with Gasteiger partial charge in [-0.2, -0.15) is 0 Å². The van der Waals surface area contributed by atoms with Crippen molar-refractivity contribution in [3.8, 4) is 0 Å². The van der Waals surface area contributed by atoms with Crippen LogP contribution >= 0.6 is 11.6 Å². The van der Waals surface area contributed by atoms with E-state index in [1.165, 1.54) is 0 Å². The molecule has 0 saturated carbocycles. The van der Waals surface area contributed by atoms with Crippen molar-refractivity contribution < 1.29 is 4.79 Å². The second kappa shape index (κ2) is 8.76. The molecule has 1 N–H and O–H groups in total. The van der Waals surface area contributed by atoms with Crippen LogP contribution in [0.15, 0.2) is 97.1 Å². The Morgan fingerprint density at radius 3 is 2.31 bits per heavy atom. The van der Waals surface area contributed by atoms with Gasteiger partial charge in [0.25, 0.3) is 5.91 Å². The van der Waals surface area contributed by atoms with E-state index in [0.29, 0.717) is 17.1 Å². The largest absolute Gasteiger partial charge is 0.348 e. The summed E-state index contributed by atoms with van der Waals surface area (Å²) in [5, 5.41) is 6.00. The van der Waals surface area contributed by atoms with E-state index in [1.54, 1.807) is 0 Å². The summed E-state index contributed by atoms with van der Waals surface area (Å²) >= 11 is 6.32. The monoisotopic (exact) mass is 397 g/mol. The Morgan fingerprint density at radius 2 is 1.48 bits per heavy atom. The molecule has 0 aromatic heterocycles. The summed E-state index contributed by atoms with van der Waals surface area (Å²) < 4.78 is 0. The molecular formula is C26H20ClNO. The third kappa shape index (κ3) is 4.39. The van der Waals surface area contributed by atoms with Crippen LogP contribution in [0, 0.1) is 0 Å². The van der Waals surface area contributed by atoms with Gasteiger partial charge in [0.1, 0.15) is 0 Å². The Balaban J connectivity index is 1.64. The molecule has 0 heterocycles. The number of carbonyl (C=O) groups excluding carboxylic acids is 1. The summed E-state index contributed by atoms with van der Waals surface area (Å²) in [6, 6.07) is 31.5. The summed E-state index contributed by atoms with van der Waals surface area (Å²) in [5.74, 6) is -0.135. The maximum absolute atomic E-state index is 13.1. The summed E-state index contributed by atoms with van der Waals surface area (Å²) in [6.45, 7) is 0.451. The highest BCUT2D eigenvalue weighted by Crippen LogP contribution is 2.24. The lowest BCUT2D eigenvalue weighted by Crippen LogP contribution is -2.24. The number of fused-ring (bicyclic) bond motifs is 1. The smallest absolute Gasteiger partial charge is 0.252 e. The van der Waals surface area contributed by atoms with Gasteiger partial charge in [-0.1, -0.05) is 103 Å². The fourth-order valence-corrected chi connectivity index (χ4v) is 3.55. The van der Waals surface area contributed by atoms with E-state index in [0.717, 1.165) is 27.5 Å². The molecule has 0 bridgehead atoms. The van der Waals surface area contributed by atoms with Crippen LogP contribution in [0.2, 0.25) is 5.02 Å². The first kappa shape index (κ1) is 19.0. The molecule has 29 heavy (non-hydrogen) atoms. The highest BCUT2D eigenvalue weighted by atomic mass is 35.5. The van der Waals surface area contributed by atoms with Crippen LogP contribution in [0.1, 0.15) is 16.7 Å². The molecule has 0 fully saturated rings. The fraction of sp³-hybridized carbons (Fsp3) is 0.0385. The quantitative estimate of drug-likeness (QED) is 0.308. The number of carbonyl (C=O) groups is 1. The van der Waals surface area contributed by atoms with E-state index in [4.69, 9.17) is 11.6 Å². The van der Waals surface area contributed by atoms with Gasteiger partial charge in [-0.25, -0.2) is 0 Å². The lowest BCUT2D eigenvalue weighted by Gasteiger charge is -2.12. The Morgan fingerprint density at radius 1 is 0.793 bits per heavy atom. The molecule has 0 atom stereocenters. The van der Waals surface area contributed by atoms with Crippen LogP contribution in [0.25, 0.3) is 22.4 Å². The Bertz CT molecular complexity index is 1180. The van der Waals surface area contributed by atoms with Crippen molar-refractivity contribution in [2.24, 2.45) is 0 Å². The maximum Gasteiger partial charge on any atom is 0.252 e.